The fraction of sp³-hybridized carbons (Fsp3) is 0.667. The molecule has 0 aromatic carbocycles. The van der Waals surface area contributed by atoms with Crippen molar-refractivity contribution in [3.8, 4) is 0 Å². The molecule has 1 aliphatic rings. The quantitative estimate of drug-likeness (QED) is 0.596. The van der Waals surface area contributed by atoms with E-state index in [0.717, 1.165) is 12.8 Å². The number of esters is 1. The lowest BCUT2D eigenvalue weighted by atomic mass is 9.79. The smallest absolute Gasteiger partial charge is 0.309 e. The van der Waals surface area contributed by atoms with Gasteiger partial charge in [-0.05, 0) is 25.3 Å². The lowest BCUT2D eigenvalue weighted by Crippen LogP contribution is -2.34. The Labute approximate surface area is 119 Å². The number of hydrogen-bond donors (Lipinski definition) is 1. The van der Waals surface area contributed by atoms with Gasteiger partial charge in [-0.1, -0.05) is 26.3 Å². The van der Waals surface area contributed by atoms with Crippen LogP contribution in [0.3, 0.4) is 0 Å². The van der Waals surface area contributed by atoms with Crippen molar-refractivity contribution in [2.24, 2.45) is 17.8 Å². The number of carboxylic acid groups (broad SMARTS) is 1. The zero-order valence-electron chi connectivity index (χ0n) is 12.1. The molecule has 1 fully saturated rings. The number of aliphatic carboxylic acids is 1. The summed E-state index contributed by atoms with van der Waals surface area (Å²) in [6.07, 6.45) is 2.71. The molecule has 0 radical (unpaired) electrons. The Morgan fingerprint density at radius 1 is 1.25 bits per heavy atom. The molecular formula is C15H22O5. The van der Waals surface area contributed by atoms with Crippen LogP contribution in [-0.4, -0.2) is 29.4 Å². The van der Waals surface area contributed by atoms with Gasteiger partial charge in [0.2, 0.25) is 0 Å². The summed E-state index contributed by atoms with van der Waals surface area (Å²) in [4.78, 5) is 34.7. The molecule has 0 saturated heterocycles. The fourth-order valence-corrected chi connectivity index (χ4v) is 2.52. The van der Waals surface area contributed by atoms with Gasteiger partial charge in [-0.15, -0.1) is 0 Å². The normalized spacial score (nSPS) is 23.7. The number of Topliss-reactive ketones (excluding diaryl/α,β-unsaturated/α-hetero) is 1. The van der Waals surface area contributed by atoms with Crippen LogP contribution in [0.5, 0.6) is 0 Å². The summed E-state index contributed by atoms with van der Waals surface area (Å²) < 4.78 is 5.13. The Bertz CT molecular complexity index is 412. The van der Waals surface area contributed by atoms with E-state index in [1.807, 2.05) is 0 Å². The molecule has 3 unspecified atom stereocenters. The first-order valence-electron chi connectivity index (χ1n) is 6.93. The Morgan fingerprint density at radius 3 is 2.30 bits per heavy atom. The van der Waals surface area contributed by atoms with E-state index in [2.05, 4.69) is 6.58 Å². The van der Waals surface area contributed by atoms with Crippen molar-refractivity contribution in [3.05, 3.63) is 12.2 Å². The predicted molar refractivity (Wildman–Crippen MR) is 73.0 cm³/mol. The lowest BCUT2D eigenvalue weighted by Gasteiger charge is -2.27. The van der Waals surface area contributed by atoms with E-state index < -0.39 is 29.7 Å². The van der Waals surface area contributed by atoms with Crippen LogP contribution in [0.25, 0.3) is 0 Å². The zero-order chi connectivity index (χ0) is 15.3. The van der Waals surface area contributed by atoms with Gasteiger partial charge in [0.1, 0.15) is 6.61 Å². The zero-order valence-corrected chi connectivity index (χ0v) is 12.1. The third kappa shape index (κ3) is 4.18. The second kappa shape index (κ2) is 7.22. The number of hydrogen-bond acceptors (Lipinski definition) is 4. The van der Waals surface area contributed by atoms with E-state index in [9.17, 15) is 14.4 Å². The van der Waals surface area contributed by atoms with Crippen molar-refractivity contribution in [1.82, 2.24) is 0 Å². The van der Waals surface area contributed by atoms with Crippen LogP contribution < -0.4 is 0 Å². The Balaban J connectivity index is 2.55. The molecule has 0 spiro atoms. The number of carboxylic acids is 1. The van der Waals surface area contributed by atoms with Crippen molar-refractivity contribution in [2.75, 3.05) is 6.61 Å². The van der Waals surface area contributed by atoms with Gasteiger partial charge in [0.25, 0.3) is 0 Å². The van der Waals surface area contributed by atoms with Gasteiger partial charge >= 0.3 is 11.9 Å². The van der Waals surface area contributed by atoms with Crippen LogP contribution in [0.2, 0.25) is 0 Å². The van der Waals surface area contributed by atoms with Gasteiger partial charge in [0.15, 0.2) is 5.78 Å². The van der Waals surface area contributed by atoms with E-state index in [-0.39, 0.29) is 12.4 Å². The number of rotatable bonds is 6. The first-order valence-corrected chi connectivity index (χ1v) is 6.93. The number of carbonyl (C=O) groups is 3. The minimum atomic E-state index is -0.947. The van der Waals surface area contributed by atoms with E-state index in [4.69, 9.17) is 9.84 Å². The molecule has 3 atom stereocenters. The molecule has 112 valence electrons. The summed E-state index contributed by atoms with van der Waals surface area (Å²) in [6.45, 7) is 6.82. The summed E-state index contributed by atoms with van der Waals surface area (Å²) in [7, 11) is 0. The van der Waals surface area contributed by atoms with E-state index in [0.29, 0.717) is 18.4 Å². The minimum absolute atomic E-state index is 0.0205. The third-order valence-electron chi connectivity index (χ3n) is 3.73. The number of carbonyl (C=O) groups excluding carboxylic acids is 2. The van der Waals surface area contributed by atoms with Crippen LogP contribution in [-0.2, 0) is 19.1 Å². The molecule has 1 saturated carbocycles. The first kappa shape index (κ1) is 16.4. The molecule has 0 amide bonds. The predicted octanol–water partition coefficient (Wildman–Crippen LogP) is 2.20. The van der Waals surface area contributed by atoms with E-state index in [1.54, 1.807) is 13.8 Å². The summed E-state index contributed by atoms with van der Waals surface area (Å²) in [5, 5.41) is 9.12. The maximum absolute atomic E-state index is 12.0. The van der Waals surface area contributed by atoms with Gasteiger partial charge in [0.05, 0.1) is 17.8 Å². The van der Waals surface area contributed by atoms with Gasteiger partial charge in [-0.2, -0.15) is 0 Å². The van der Waals surface area contributed by atoms with E-state index in [1.165, 1.54) is 0 Å². The molecule has 0 bridgehead atoms. The summed E-state index contributed by atoms with van der Waals surface area (Å²) in [6, 6.07) is 0. The highest BCUT2D eigenvalue weighted by Crippen LogP contribution is 2.31. The van der Waals surface area contributed by atoms with Crippen molar-refractivity contribution >= 4 is 17.7 Å². The van der Waals surface area contributed by atoms with Gasteiger partial charge in [-0.3, -0.25) is 14.4 Å². The maximum atomic E-state index is 12.0. The second-order valence-electron chi connectivity index (χ2n) is 5.51. The molecule has 0 aromatic rings. The molecule has 1 N–H and O–H groups in total. The minimum Gasteiger partial charge on any atom is -0.481 e. The highest BCUT2D eigenvalue weighted by Gasteiger charge is 2.37. The molecular weight excluding hydrogens is 260 g/mol. The van der Waals surface area contributed by atoms with Gasteiger partial charge in [-0.25, -0.2) is 0 Å². The Hall–Kier alpha value is -1.65. The molecule has 0 aliphatic heterocycles. The van der Waals surface area contributed by atoms with E-state index >= 15 is 0 Å². The summed E-state index contributed by atoms with van der Waals surface area (Å²) in [5.41, 5.74) is 0.426. The monoisotopic (exact) mass is 282 g/mol. The van der Waals surface area contributed by atoms with Crippen molar-refractivity contribution < 1.29 is 24.2 Å². The Morgan fingerprint density at radius 2 is 1.80 bits per heavy atom. The highest BCUT2D eigenvalue weighted by atomic mass is 16.5. The van der Waals surface area contributed by atoms with Crippen LogP contribution in [0, 0.1) is 17.8 Å². The average molecular weight is 282 g/mol. The van der Waals surface area contributed by atoms with Crippen LogP contribution in [0.4, 0.5) is 0 Å². The second-order valence-corrected chi connectivity index (χ2v) is 5.51. The van der Waals surface area contributed by atoms with Crippen LogP contribution in [0.15, 0.2) is 12.2 Å². The average Bonchev–Trinajstić information content (AvgIpc) is 2.43. The largest absolute Gasteiger partial charge is 0.481 e. The van der Waals surface area contributed by atoms with Crippen molar-refractivity contribution in [2.45, 2.75) is 39.5 Å². The lowest BCUT2D eigenvalue weighted by molar-refractivity contribution is -0.160. The molecule has 0 aromatic heterocycles. The molecule has 20 heavy (non-hydrogen) atoms. The maximum Gasteiger partial charge on any atom is 0.309 e. The van der Waals surface area contributed by atoms with Crippen LogP contribution in [0.1, 0.15) is 39.5 Å². The van der Waals surface area contributed by atoms with Crippen LogP contribution >= 0.6 is 0 Å². The Kier molecular flexibility index (Phi) is 5.92. The summed E-state index contributed by atoms with van der Waals surface area (Å²) in [5.74, 6) is -3.28. The molecule has 1 rings (SSSR count). The standard InChI is InChI=1S/C15H22O5/c1-9(2)13(16)10(3)8-20-15(19)12-7-5-4-6-11(12)14(17)18/h10-12H,1,4-8H2,2-3H3,(H,17,18). The topological polar surface area (TPSA) is 80.7 Å². The first-order chi connectivity index (χ1) is 9.34. The molecule has 0 heterocycles. The molecule has 5 heteroatoms. The fourth-order valence-electron chi connectivity index (χ4n) is 2.52. The third-order valence-corrected chi connectivity index (χ3v) is 3.73. The molecule has 1 aliphatic carbocycles. The summed E-state index contributed by atoms with van der Waals surface area (Å²) >= 11 is 0. The number of ketones is 1. The highest BCUT2D eigenvalue weighted by molar-refractivity contribution is 5.96. The van der Waals surface area contributed by atoms with Gasteiger partial charge in [0, 0.05) is 0 Å². The van der Waals surface area contributed by atoms with Crippen molar-refractivity contribution in [1.29, 1.82) is 0 Å². The number of allylic oxidation sites excluding steroid dienone is 1. The van der Waals surface area contributed by atoms with Crippen molar-refractivity contribution in [3.63, 3.8) is 0 Å². The van der Waals surface area contributed by atoms with Gasteiger partial charge < -0.3 is 9.84 Å². The molecule has 5 nitrogen and oxygen atoms in total. The number of ether oxygens (including phenoxy) is 1. The SMILES string of the molecule is C=C(C)C(=O)C(C)COC(=O)C1CCCCC1C(=O)O.